The van der Waals surface area contributed by atoms with Crippen molar-refractivity contribution in [3.8, 4) is 0 Å². The number of hydrogen-bond donors (Lipinski definition) is 2. The van der Waals surface area contributed by atoms with E-state index in [9.17, 15) is 9.59 Å². The molecule has 2 amide bonds. The van der Waals surface area contributed by atoms with Gasteiger partial charge in [-0.2, -0.15) is 0 Å². The van der Waals surface area contributed by atoms with Gasteiger partial charge in [0.05, 0.1) is 5.92 Å². The topological polar surface area (TPSA) is 69.6 Å². The summed E-state index contributed by atoms with van der Waals surface area (Å²) in [6, 6.07) is -0.495. The molecule has 16 heavy (non-hydrogen) atoms. The van der Waals surface area contributed by atoms with E-state index in [1.54, 1.807) is 18.7 Å². The van der Waals surface area contributed by atoms with Crippen LogP contribution in [0.15, 0.2) is 0 Å². The molecule has 1 saturated heterocycles. The lowest BCUT2D eigenvalue weighted by atomic mass is 10.0. The molecule has 0 radical (unpaired) electrons. The number of amides is 2. The van der Waals surface area contributed by atoms with Crippen molar-refractivity contribution in [1.82, 2.24) is 10.2 Å². The van der Waals surface area contributed by atoms with E-state index in [0.29, 0.717) is 5.92 Å². The van der Waals surface area contributed by atoms with Crippen LogP contribution in [0.2, 0.25) is 0 Å². The zero-order chi connectivity index (χ0) is 12.3. The van der Waals surface area contributed by atoms with Crippen LogP contribution in [0.1, 0.15) is 27.2 Å². The maximum Gasteiger partial charge on any atom is 0.317 e. The SMILES string of the molecule is CC1CCN(C(=O)NC(C)C(C)C(=O)O)C1. The van der Waals surface area contributed by atoms with E-state index in [-0.39, 0.29) is 12.1 Å². The molecule has 0 bridgehead atoms. The van der Waals surface area contributed by atoms with E-state index >= 15 is 0 Å². The van der Waals surface area contributed by atoms with Gasteiger partial charge in [0.15, 0.2) is 0 Å². The first kappa shape index (κ1) is 12.8. The van der Waals surface area contributed by atoms with Crippen LogP contribution in [0, 0.1) is 11.8 Å². The largest absolute Gasteiger partial charge is 0.481 e. The van der Waals surface area contributed by atoms with Gasteiger partial charge in [-0.3, -0.25) is 4.79 Å². The summed E-state index contributed by atoms with van der Waals surface area (Å²) in [5.74, 6) is -0.912. The molecule has 92 valence electrons. The normalized spacial score (nSPS) is 23.9. The number of rotatable bonds is 3. The number of carbonyl (C=O) groups is 2. The lowest BCUT2D eigenvalue weighted by Gasteiger charge is -2.22. The van der Waals surface area contributed by atoms with Crippen molar-refractivity contribution in [3.63, 3.8) is 0 Å². The van der Waals surface area contributed by atoms with Gasteiger partial charge < -0.3 is 15.3 Å². The maximum absolute atomic E-state index is 11.8. The molecule has 3 unspecified atom stereocenters. The van der Waals surface area contributed by atoms with Crippen molar-refractivity contribution < 1.29 is 14.7 Å². The summed E-state index contributed by atoms with van der Waals surface area (Å²) in [5.41, 5.74) is 0. The van der Waals surface area contributed by atoms with Crippen LogP contribution in [0.3, 0.4) is 0 Å². The summed E-state index contributed by atoms with van der Waals surface area (Å²) >= 11 is 0. The molecule has 1 rings (SSSR count). The molecule has 0 aromatic rings. The minimum Gasteiger partial charge on any atom is -0.481 e. The number of carboxylic acid groups (broad SMARTS) is 1. The summed E-state index contributed by atoms with van der Waals surface area (Å²) in [5, 5.41) is 11.5. The molecule has 1 aliphatic heterocycles. The first-order chi connectivity index (χ1) is 7.41. The van der Waals surface area contributed by atoms with E-state index in [4.69, 9.17) is 5.11 Å². The molecule has 0 spiro atoms. The molecule has 2 N–H and O–H groups in total. The zero-order valence-corrected chi connectivity index (χ0v) is 10.1. The van der Waals surface area contributed by atoms with Crippen LogP contribution in [0.4, 0.5) is 4.79 Å². The lowest BCUT2D eigenvalue weighted by molar-refractivity contribution is -0.141. The van der Waals surface area contributed by atoms with Gasteiger partial charge in [-0.15, -0.1) is 0 Å². The third-order valence-electron chi connectivity index (χ3n) is 3.20. The summed E-state index contributed by atoms with van der Waals surface area (Å²) < 4.78 is 0. The molecular formula is C11H20N2O3. The molecule has 5 heteroatoms. The highest BCUT2D eigenvalue weighted by Crippen LogP contribution is 2.15. The molecular weight excluding hydrogens is 208 g/mol. The van der Waals surface area contributed by atoms with Gasteiger partial charge in [0.2, 0.25) is 0 Å². The lowest BCUT2D eigenvalue weighted by Crippen LogP contribution is -2.46. The summed E-state index contributed by atoms with van der Waals surface area (Å²) in [7, 11) is 0. The van der Waals surface area contributed by atoms with Gasteiger partial charge in [-0.1, -0.05) is 6.92 Å². The average Bonchev–Trinajstić information content (AvgIpc) is 2.63. The van der Waals surface area contributed by atoms with Crippen LogP contribution < -0.4 is 5.32 Å². The predicted molar refractivity (Wildman–Crippen MR) is 60.1 cm³/mol. The smallest absolute Gasteiger partial charge is 0.317 e. The van der Waals surface area contributed by atoms with Crippen molar-refractivity contribution in [1.29, 1.82) is 0 Å². The molecule has 0 aromatic heterocycles. The summed E-state index contributed by atoms with van der Waals surface area (Å²) in [6.45, 7) is 6.95. The number of nitrogens with zero attached hydrogens (tertiary/aromatic N) is 1. The zero-order valence-electron chi connectivity index (χ0n) is 10.1. The standard InChI is InChI=1S/C11H20N2O3/c1-7-4-5-13(6-7)11(16)12-9(3)8(2)10(14)15/h7-9H,4-6H2,1-3H3,(H,12,16)(H,14,15). The van der Waals surface area contributed by atoms with Gasteiger partial charge >= 0.3 is 12.0 Å². The molecule has 1 fully saturated rings. The Kier molecular flexibility index (Phi) is 4.15. The quantitative estimate of drug-likeness (QED) is 0.761. The number of carbonyl (C=O) groups excluding carboxylic acids is 1. The predicted octanol–water partition coefficient (Wildman–Crippen LogP) is 1.15. The van der Waals surface area contributed by atoms with Crippen molar-refractivity contribution >= 4 is 12.0 Å². The van der Waals surface area contributed by atoms with Crippen LogP contribution in [-0.4, -0.2) is 41.1 Å². The third-order valence-corrected chi connectivity index (χ3v) is 3.20. The molecule has 1 aliphatic rings. The Labute approximate surface area is 95.8 Å². The minimum absolute atomic E-state index is 0.148. The summed E-state index contributed by atoms with van der Waals surface area (Å²) in [6.07, 6.45) is 1.02. The number of likely N-dealkylation sites (tertiary alicyclic amines) is 1. The molecule has 3 atom stereocenters. The molecule has 0 aromatic carbocycles. The highest BCUT2D eigenvalue weighted by Gasteiger charge is 2.26. The second-order valence-electron chi connectivity index (χ2n) is 4.70. The number of aliphatic carboxylic acids is 1. The van der Waals surface area contributed by atoms with E-state index in [1.165, 1.54) is 0 Å². The maximum atomic E-state index is 11.8. The first-order valence-electron chi connectivity index (χ1n) is 5.70. The Bertz CT molecular complexity index is 280. The highest BCUT2D eigenvalue weighted by molar-refractivity contribution is 5.76. The Balaban J connectivity index is 2.42. The average molecular weight is 228 g/mol. The van der Waals surface area contributed by atoms with E-state index < -0.39 is 11.9 Å². The second-order valence-corrected chi connectivity index (χ2v) is 4.70. The molecule has 1 heterocycles. The Hall–Kier alpha value is -1.26. The van der Waals surface area contributed by atoms with E-state index in [0.717, 1.165) is 19.5 Å². The fraction of sp³-hybridized carbons (Fsp3) is 0.818. The Morgan fingerprint density at radius 1 is 1.44 bits per heavy atom. The van der Waals surface area contributed by atoms with Gasteiger partial charge in [-0.25, -0.2) is 4.79 Å². The number of carboxylic acids is 1. The third kappa shape index (κ3) is 3.12. The summed E-state index contributed by atoms with van der Waals surface area (Å²) in [4.78, 5) is 24.2. The number of urea groups is 1. The van der Waals surface area contributed by atoms with Gasteiger partial charge in [0.25, 0.3) is 0 Å². The Morgan fingerprint density at radius 2 is 2.06 bits per heavy atom. The van der Waals surface area contributed by atoms with Gasteiger partial charge in [-0.05, 0) is 26.2 Å². The second kappa shape index (κ2) is 5.18. The van der Waals surface area contributed by atoms with Crippen molar-refractivity contribution in [3.05, 3.63) is 0 Å². The van der Waals surface area contributed by atoms with Crippen LogP contribution in [-0.2, 0) is 4.79 Å². The monoisotopic (exact) mass is 228 g/mol. The minimum atomic E-state index is -0.886. The van der Waals surface area contributed by atoms with Crippen molar-refractivity contribution in [2.24, 2.45) is 11.8 Å². The fourth-order valence-electron chi connectivity index (χ4n) is 1.74. The van der Waals surface area contributed by atoms with Crippen molar-refractivity contribution in [2.75, 3.05) is 13.1 Å². The fourth-order valence-corrected chi connectivity index (χ4v) is 1.74. The first-order valence-corrected chi connectivity index (χ1v) is 5.70. The number of nitrogens with one attached hydrogen (secondary N) is 1. The molecule has 0 aliphatic carbocycles. The van der Waals surface area contributed by atoms with Gasteiger partial charge in [0, 0.05) is 19.1 Å². The van der Waals surface area contributed by atoms with Crippen molar-refractivity contribution in [2.45, 2.75) is 33.2 Å². The van der Waals surface area contributed by atoms with Crippen LogP contribution in [0.5, 0.6) is 0 Å². The van der Waals surface area contributed by atoms with E-state index in [1.807, 2.05) is 0 Å². The van der Waals surface area contributed by atoms with Crippen LogP contribution in [0.25, 0.3) is 0 Å². The molecule has 5 nitrogen and oxygen atoms in total. The number of hydrogen-bond acceptors (Lipinski definition) is 2. The molecule has 0 saturated carbocycles. The van der Waals surface area contributed by atoms with Crippen LogP contribution >= 0.6 is 0 Å². The van der Waals surface area contributed by atoms with E-state index in [2.05, 4.69) is 12.2 Å². The highest BCUT2D eigenvalue weighted by atomic mass is 16.4. The van der Waals surface area contributed by atoms with Gasteiger partial charge in [0.1, 0.15) is 0 Å². The Morgan fingerprint density at radius 3 is 2.50 bits per heavy atom.